The zero-order valence-corrected chi connectivity index (χ0v) is 16.9. The van der Waals surface area contributed by atoms with E-state index in [-0.39, 0.29) is 0 Å². The van der Waals surface area contributed by atoms with Gasteiger partial charge in [-0.3, -0.25) is 9.98 Å². The SMILES string of the molecule is CCNC(=NCCc1ccccn1)NCCc1ccc(OC2CCCC2)cc1. The third-order valence-corrected chi connectivity index (χ3v) is 4.94. The summed E-state index contributed by atoms with van der Waals surface area (Å²) < 4.78 is 6.04. The lowest BCUT2D eigenvalue weighted by molar-refractivity contribution is 0.210. The van der Waals surface area contributed by atoms with Crippen LogP contribution in [0, 0.1) is 0 Å². The summed E-state index contributed by atoms with van der Waals surface area (Å²) in [6.45, 7) is 4.50. The third-order valence-electron chi connectivity index (χ3n) is 4.94. The Kier molecular flexibility index (Phi) is 8.16. The second kappa shape index (κ2) is 11.3. The van der Waals surface area contributed by atoms with Crippen molar-refractivity contribution >= 4 is 5.96 Å². The number of nitrogens with zero attached hydrogens (tertiary/aromatic N) is 2. The Labute approximate surface area is 168 Å². The average molecular weight is 381 g/mol. The fourth-order valence-electron chi connectivity index (χ4n) is 3.43. The topological polar surface area (TPSA) is 58.5 Å². The number of hydrogen-bond acceptors (Lipinski definition) is 3. The summed E-state index contributed by atoms with van der Waals surface area (Å²) in [6, 6.07) is 14.5. The largest absolute Gasteiger partial charge is 0.490 e. The highest BCUT2D eigenvalue weighted by Crippen LogP contribution is 2.24. The molecule has 1 aromatic heterocycles. The van der Waals surface area contributed by atoms with E-state index >= 15 is 0 Å². The molecule has 5 heteroatoms. The van der Waals surface area contributed by atoms with E-state index in [1.54, 1.807) is 0 Å². The molecule has 2 N–H and O–H groups in total. The standard InChI is InChI=1S/C23H32N4O/c1-2-24-23(27-18-15-20-7-5-6-16-25-20)26-17-14-19-10-12-22(13-11-19)28-21-8-3-4-9-21/h5-7,10-13,16,21H,2-4,8-9,14-15,17-18H2,1H3,(H2,24,26,27). The van der Waals surface area contributed by atoms with Gasteiger partial charge in [0.05, 0.1) is 6.10 Å². The number of aliphatic imine (C=N–C) groups is 1. The maximum absolute atomic E-state index is 6.04. The van der Waals surface area contributed by atoms with Crippen molar-refractivity contribution in [3.63, 3.8) is 0 Å². The monoisotopic (exact) mass is 380 g/mol. The second-order valence-corrected chi connectivity index (χ2v) is 7.18. The molecule has 3 rings (SSSR count). The number of hydrogen-bond donors (Lipinski definition) is 2. The van der Waals surface area contributed by atoms with E-state index in [0.29, 0.717) is 6.10 Å². The molecule has 1 heterocycles. The van der Waals surface area contributed by atoms with Crippen LogP contribution in [0.4, 0.5) is 0 Å². The first kappa shape index (κ1) is 20.2. The van der Waals surface area contributed by atoms with Gasteiger partial charge in [-0.15, -0.1) is 0 Å². The molecule has 2 aromatic rings. The first-order valence-corrected chi connectivity index (χ1v) is 10.5. The lowest BCUT2D eigenvalue weighted by Gasteiger charge is -2.14. The summed E-state index contributed by atoms with van der Waals surface area (Å²) >= 11 is 0. The maximum atomic E-state index is 6.04. The van der Waals surface area contributed by atoms with Crippen molar-refractivity contribution in [1.82, 2.24) is 15.6 Å². The highest BCUT2D eigenvalue weighted by atomic mass is 16.5. The molecule has 1 aliphatic rings. The van der Waals surface area contributed by atoms with Crippen LogP contribution in [0.15, 0.2) is 53.7 Å². The normalized spacial score (nSPS) is 14.8. The van der Waals surface area contributed by atoms with Crippen molar-refractivity contribution in [2.75, 3.05) is 19.6 Å². The molecule has 0 bridgehead atoms. The second-order valence-electron chi connectivity index (χ2n) is 7.18. The summed E-state index contributed by atoms with van der Waals surface area (Å²) in [7, 11) is 0. The Morgan fingerprint density at radius 1 is 1.07 bits per heavy atom. The van der Waals surface area contributed by atoms with Crippen molar-refractivity contribution in [2.45, 2.75) is 51.6 Å². The Morgan fingerprint density at radius 3 is 2.61 bits per heavy atom. The van der Waals surface area contributed by atoms with Crippen molar-refractivity contribution in [1.29, 1.82) is 0 Å². The van der Waals surface area contributed by atoms with Gasteiger partial charge in [0, 0.05) is 37.9 Å². The minimum Gasteiger partial charge on any atom is -0.490 e. The number of ether oxygens (including phenoxy) is 1. The van der Waals surface area contributed by atoms with E-state index in [4.69, 9.17) is 4.74 Å². The molecule has 1 saturated carbocycles. The van der Waals surface area contributed by atoms with E-state index in [1.807, 2.05) is 24.4 Å². The van der Waals surface area contributed by atoms with Gasteiger partial charge in [0.25, 0.3) is 0 Å². The molecule has 0 amide bonds. The van der Waals surface area contributed by atoms with Crippen LogP contribution in [0.1, 0.15) is 43.9 Å². The van der Waals surface area contributed by atoms with Crippen LogP contribution in [0.25, 0.3) is 0 Å². The van der Waals surface area contributed by atoms with Crippen molar-refractivity contribution in [3.05, 3.63) is 59.9 Å². The third kappa shape index (κ3) is 6.87. The Bertz CT molecular complexity index is 709. The van der Waals surface area contributed by atoms with Crippen LogP contribution in [-0.4, -0.2) is 36.7 Å². The van der Waals surface area contributed by atoms with Crippen LogP contribution in [-0.2, 0) is 12.8 Å². The maximum Gasteiger partial charge on any atom is 0.191 e. The molecule has 0 aliphatic heterocycles. The van der Waals surface area contributed by atoms with Crippen LogP contribution in [0.2, 0.25) is 0 Å². The summed E-state index contributed by atoms with van der Waals surface area (Å²) in [4.78, 5) is 8.99. The average Bonchev–Trinajstić information content (AvgIpc) is 3.23. The predicted octanol–water partition coefficient (Wildman–Crippen LogP) is 3.74. The minimum atomic E-state index is 0.414. The number of nitrogens with one attached hydrogen (secondary N) is 2. The fraction of sp³-hybridized carbons (Fsp3) is 0.478. The summed E-state index contributed by atoms with van der Waals surface area (Å²) in [5.74, 6) is 1.85. The first-order chi connectivity index (χ1) is 13.8. The molecule has 28 heavy (non-hydrogen) atoms. The van der Waals surface area contributed by atoms with Gasteiger partial charge in [0.2, 0.25) is 0 Å². The van der Waals surface area contributed by atoms with Gasteiger partial charge in [-0.2, -0.15) is 0 Å². The molecular weight excluding hydrogens is 348 g/mol. The highest BCUT2D eigenvalue weighted by molar-refractivity contribution is 5.79. The fourth-order valence-corrected chi connectivity index (χ4v) is 3.43. The van der Waals surface area contributed by atoms with E-state index in [9.17, 15) is 0 Å². The molecule has 1 fully saturated rings. The molecule has 1 aromatic carbocycles. The molecule has 0 unspecified atom stereocenters. The number of pyridine rings is 1. The molecule has 150 valence electrons. The molecule has 0 atom stereocenters. The van der Waals surface area contributed by atoms with Crippen molar-refractivity contribution in [2.24, 2.45) is 4.99 Å². The van der Waals surface area contributed by atoms with Crippen LogP contribution >= 0.6 is 0 Å². The van der Waals surface area contributed by atoms with E-state index in [0.717, 1.165) is 49.9 Å². The van der Waals surface area contributed by atoms with Crippen molar-refractivity contribution < 1.29 is 4.74 Å². The number of aromatic nitrogens is 1. The van der Waals surface area contributed by atoms with E-state index in [2.05, 4.69) is 51.8 Å². The van der Waals surface area contributed by atoms with Gasteiger partial charge in [-0.05, 0) is 68.9 Å². The smallest absolute Gasteiger partial charge is 0.191 e. The van der Waals surface area contributed by atoms with Crippen LogP contribution in [0.5, 0.6) is 5.75 Å². The van der Waals surface area contributed by atoms with E-state index in [1.165, 1.54) is 31.2 Å². The summed E-state index contributed by atoms with van der Waals surface area (Å²) in [5.41, 5.74) is 2.37. The van der Waals surface area contributed by atoms with Crippen molar-refractivity contribution in [3.8, 4) is 5.75 Å². The Morgan fingerprint density at radius 2 is 1.89 bits per heavy atom. The van der Waals surface area contributed by atoms with Gasteiger partial charge in [-0.25, -0.2) is 0 Å². The summed E-state index contributed by atoms with van der Waals surface area (Å²) in [6.07, 6.45) is 9.02. The van der Waals surface area contributed by atoms with Crippen LogP contribution < -0.4 is 15.4 Å². The first-order valence-electron chi connectivity index (χ1n) is 10.5. The quantitative estimate of drug-likeness (QED) is 0.514. The molecule has 0 spiro atoms. The molecular formula is C23H32N4O. The lowest BCUT2D eigenvalue weighted by Crippen LogP contribution is -2.38. The van der Waals surface area contributed by atoms with E-state index < -0.39 is 0 Å². The molecule has 0 radical (unpaired) electrons. The Hall–Kier alpha value is -2.56. The van der Waals surface area contributed by atoms with Gasteiger partial charge >= 0.3 is 0 Å². The van der Waals surface area contributed by atoms with Gasteiger partial charge < -0.3 is 15.4 Å². The van der Waals surface area contributed by atoms with Gasteiger partial charge in [0.1, 0.15) is 5.75 Å². The molecule has 1 aliphatic carbocycles. The number of guanidine groups is 1. The highest BCUT2D eigenvalue weighted by Gasteiger charge is 2.16. The zero-order valence-electron chi connectivity index (χ0n) is 16.9. The Balaban J connectivity index is 1.41. The summed E-state index contributed by atoms with van der Waals surface area (Å²) in [5, 5.41) is 6.72. The molecule has 5 nitrogen and oxygen atoms in total. The number of rotatable bonds is 9. The number of benzene rings is 1. The zero-order chi connectivity index (χ0) is 19.4. The lowest BCUT2D eigenvalue weighted by atomic mass is 10.1. The minimum absolute atomic E-state index is 0.414. The van der Waals surface area contributed by atoms with Gasteiger partial charge in [-0.1, -0.05) is 18.2 Å². The molecule has 0 saturated heterocycles. The van der Waals surface area contributed by atoms with Gasteiger partial charge in [0.15, 0.2) is 5.96 Å². The van der Waals surface area contributed by atoms with Crippen LogP contribution in [0.3, 0.4) is 0 Å². The predicted molar refractivity (Wildman–Crippen MR) is 115 cm³/mol.